The van der Waals surface area contributed by atoms with E-state index in [-0.39, 0.29) is 40.8 Å². The highest BCUT2D eigenvalue weighted by atomic mass is 32.2. The van der Waals surface area contributed by atoms with Crippen LogP contribution < -0.4 is 10.6 Å². The average Bonchev–Trinajstić information content (AvgIpc) is 3.50. The van der Waals surface area contributed by atoms with Gasteiger partial charge in [-0.05, 0) is 51.8 Å². The molecule has 2 N–H and O–H groups in total. The number of thioether (sulfide) groups is 1. The van der Waals surface area contributed by atoms with Gasteiger partial charge in [-0.3, -0.25) is 9.59 Å². The predicted octanol–water partition coefficient (Wildman–Crippen LogP) is 4.99. The van der Waals surface area contributed by atoms with E-state index in [0.29, 0.717) is 23.1 Å². The van der Waals surface area contributed by atoms with Gasteiger partial charge in [-0.2, -0.15) is 0 Å². The molecule has 14 heteroatoms. The number of carbonyl (C=O) groups excluding carboxylic acids is 4. The van der Waals surface area contributed by atoms with Gasteiger partial charge < -0.3 is 24.7 Å². The number of aromatic nitrogens is 3. The first-order valence-corrected chi connectivity index (χ1v) is 15.2. The summed E-state index contributed by atoms with van der Waals surface area (Å²) in [5.41, 5.74) is 0.400. The van der Waals surface area contributed by atoms with Crippen molar-refractivity contribution in [1.29, 1.82) is 0 Å². The lowest BCUT2D eigenvalue weighted by Gasteiger charge is -2.14. The van der Waals surface area contributed by atoms with E-state index in [1.54, 1.807) is 33.8 Å². The zero-order valence-corrected chi connectivity index (χ0v) is 25.7. The number of amides is 2. The van der Waals surface area contributed by atoms with Crippen LogP contribution in [0.1, 0.15) is 82.3 Å². The number of halogens is 1. The van der Waals surface area contributed by atoms with Crippen LogP contribution in [0.3, 0.4) is 0 Å². The van der Waals surface area contributed by atoms with Crippen LogP contribution in [-0.4, -0.2) is 57.0 Å². The number of benzene rings is 1. The lowest BCUT2D eigenvalue weighted by Crippen LogP contribution is -2.26. The van der Waals surface area contributed by atoms with E-state index < -0.39 is 34.8 Å². The first kappa shape index (κ1) is 32.7. The smallest absolute Gasteiger partial charge is 0.348 e. The SMILES string of the molecule is CCCCn1c(CNC(=O)c2ccccc2F)nnc1SC(C)C(=O)Nc1sc(C(=O)OCC)c(C)c1C(=O)OCC. The largest absolute Gasteiger partial charge is 0.462 e. The third-order valence-electron chi connectivity index (χ3n) is 6.03. The fraction of sp³-hybridized carbons (Fsp3) is 0.429. The second kappa shape index (κ2) is 15.4. The molecule has 1 unspecified atom stereocenters. The number of anilines is 1. The summed E-state index contributed by atoms with van der Waals surface area (Å²) in [5.74, 6) is -2.42. The zero-order chi connectivity index (χ0) is 30.8. The summed E-state index contributed by atoms with van der Waals surface area (Å²) >= 11 is 2.10. The van der Waals surface area contributed by atoms with E-state index in [2.05, 4.69) is 20.8 Å². The molecular weight excluding hydrogens is 585 g/mol. The number of nitrogens with one attached hydrogen (secondary N) is 2. The number of carbonyl (C=O) groups is 4. The van der Waals surface area contributed by atoms with Gasteiger partial charge >= 0.3 is 11.9 Å². The lowest BCUT2D eigenvalue weighted by atomic mass is 10.1. The van der Waals surface area contributed by atoms with Crippen LogP contribution >= 0.6 is 23.1 Å². The van der Waals surface area contributed by atoms with Crippen molar-refractivity contribution < 1.29 is 33.0 Å². The van der Waals surface area contributed by atoms with E-state index >= 15 is 0 Å². The van der Waals surface area contributed by atoms with Crippen LogP contribution in [0.2, 0.25) is 0 Å². The molecule has 226 valence electrons. The number of esters is 2. The summed E-state index contributed by atoms with van der Waals surface area (Å²) in [6.45, 7) is 9.49. The van der Waals surface area contributed by atoms with Gasteiger partial charge in [0.05, 0.1) is 36.1 Å². The summed E-state index contributed by atoms with van der Waals surface area (Å²) in [6, 6.07) is 5.69. The molecule has 2 amide bonds. The van der Waals surface area contributed by atoms with Crippen molar-refractivity contribution in [3.63, 3.8) is 0 Å². The average molecular weight is 620 g/mol. The molecule has 0 bridgehead atoms. The Bertz CT molecular complexity index is 1440. The Hall–Kier alpha value is -3.78. The quantitative estimate of drug-likeness (QED) is 0.189. The molecule has 2 heterocycles. The summed E-state index contributed by atoms with van der Waals surface area (Å²) in [4.78, 5) is 51.1. The van der Waals surface area contributed by atoms with Crippen LogP contribution in [-0.2, 0) is 27.4 Å². The third-order valence-corrected chi connectivity index (χ3v) is 8.30. The van der Waals surface area contributed by atoms with Crippen LogP contribution in [0.15, 0.2) is 29.4 Å². The van der Waals surface area contributed by atoms with Crippen LogP contribution in [0.25, 0.3) is 0 Å². The van der Waals surface area contributed by atoms with Crippen molar-refractivity contribution in [2.45, 2.75) is 71.0 Å². The maximum atomic E-state index is 14.0. The molecule has 0 saturated heterocycles. The summed E-state index contributed by atoms with van der Waals surface area (Å²) in [7, 11) is 0. The van der Waals surface area contributed by atoms with Crippen molar-refractivity contribution >= 4 is 51.9 Å². The minimum Gasteiger partial charge on any atom is -0.462 e. The molecule has 3 rings (SSSR count). The van der Waals surface area contributed by atoms with Crippen molar-refractivity contribution in [2.75, 3.05) is 18.5 Å². The number of nitrogens with zero attached hydrogens (tertiary/aromatic N) is 3. The van der Waals surface area contributed by atoms with Crippen molar-refractivity contribution in [3.05, 3.63) is 57.5 Å². The van der Waals surface area contributed by atoms with Crippen LogP contribution in [0.5, 0.6) is 0 Å². The van der Waals surface area contributed by atoms with Gasteiger partial charge in [0, 0.05) is 6.54 Å². The molecular formula is C28H34FN5O6S2. The number of hydrogen-bond donors (Lipinski definition) is 2. The zero-order valence-electron chi connectivity index (χ0n) is 24.1. The van der Waals surface area contributed by atoms with Gasteiger partial charge in [-0.1, -0.05) is 37.2 Å². The van der Waals surface area contributed by atoms with E-state index in [9.17, 15) is 23.6 Å². The van der Waals surface area contributed by atoms with Crippen LogP contribution in [0.4, 0.5) is 9.39 Å². The molecule has 11 nitrogen and oxygen atoms in total. The molecule has 2 aromatic heterocycles. The summed E-state index contributed by atoms with van der Waals surface area (Å²) in [5, 5.41) is 13.8. The Morgan fingerprint density at radius 1 is 1.07 bits per heavy atom. The molecule has 0 aliphatic heterocycles. The minimum atomic E-state index is -0.682. The maximum absolute atomic E-state index is 14.0. The molecule has 1 atom stereocenters. The van der Waals surface area contributed by atoms with Gasteiger partial charge in [0.15, 0.2) is 11.0 Å². The predicted molar refractivity (Wildman–Crippen MR) is 157 cm³/mol. The minimum absolute atomic E-state index is 0.0129. The molecule has 0 radical (unpaired) electrons. The standard InChI is InChI=1S/C28H34FN5O6S2/c1-6-9-14-34-20(15-30-24(36)18-12-10-11-13-19(18)29)32-33-28(34)41-17(5)23(35)31-25-21(26(37)39-7-2)16(4)22(42-25)27(38)40-8-3/h10-13,17H,6-9,14-15H2,1-5H3,(H,30,36)(H,31,35). The maximum Gasteiger partial charge on any atom is 0.348 e. The van der Waals surface area contributed by atoms with Gasteiger partial charge in [0.2, 0.25) is 5.91 Å². The molecule has 0 spiro atoms. The van der Waals surface area contributed by atoms with E-state index in [1.165, 1.54) is 18.2 Å². The van der Waals surface area contributed by atoms with Gasteiger partial charge in [-0.15, -0.1) is 21.5 Å². The molecule has 1 aromatic carbocycles. The highest BCUT2D eigenvalue weighted by molar-refractivity contribution is 8.00. The highest BCUT2D eigenvalue weighted by Crippen LogP contribution is 2.35. The molecule has 0 aliphatic rings. The topological polar surface area (TPSA) is 142 Å². The number of thiophene rings is 1. The Labute approximate surface area is 251 Å². The fourth-order valence-electron chi connectivity index (χ4n) is 3.84. The second-order valence-corrected chi connectivity index (χ2v) is 11.3. The van der Waals surface area contributed by atoms with E-state index in [4.69, 9.17) is 9.47 Å². The number of rotatable bonds is 14. The van der Waals surface area contributed by atoms with Gasteiger partial charge in [0.1, 0.15) is 15.7 Å². The monoisotopic (exact) mass is 619 g/mol. The first-order valence-electron chi connectivity index (χ1n) is 13.5. The number of hydrogen-bond acceptors (Lipinski definition) is 10. The van der Waals surface area contributed by atoms with Crippen molar-refractivity contribution in [1.82, 2.24) is 20.1 Å². The normalized spacial score (nSPS) is 11.6. The fourth-order valence-corrected chi connectivity index (χ4v) is 5.83. The van der Waals surface area contributed by atoms with E-state index in [0.717, 1.165) is 35.9 Å². The lowest BCUT2D eigenvalue weighted by molar-refractivity contribution is -0.115. The first-order chi connectivity index (χ1) is 20.1. The second-order valence-electron chi connectivity index (χ2n) is 9.02. The summed E-state index contributed by atoms with van der Waals surface area (Å²) < 4.78 is 26.1. The molecule has 0 saturated carbocycles. The molecule has 3 aromatic rings. The Kier molecular flexibility index (Phi) is 12.0. The molecule has 0 aliphatic carbocycles. The van der Waals surface area contributed by atoms with Gasteiger partial charge in [0.25, 0.3) is 5.91 Å². The Morgan fingerprint density at radius 3 is 2.43 bits per heavy atom. The summed E-state index contributed by atoms with van der Waals surface area (Å²) in [6.07, 6.45) is 1.69. The Morgan fingerprint density at radius 2 is 1.76 bits per heavy atom. The van der Waals surface area contributed by atoms with Crippen LogP contribution in [0, 0.1) is 12.7 Å². The van der Waals surface area contributed by atoms with Crippen molar-refractivity contribution in [2.24, 2.45) is 0 Å². The molecule has 0 fully saturated rings. The third kappa shape index (κ3) is 7.94. The number of ether oxygens (including phenoxy) is 2. The highest BCUT2D eigenvalue weighted by Gasteiger charge is 2.29. The van der Waals surface area contributed by atoms with E-state index in [1.807, 2.05) is 11.5 Å². The van der Waals surface area contributed by atoms with Crippen molar-refractivity contribution in [3.8, 4) is 0 Å². The van der Waals surface area contributed by atoms with Gasteiger partial charge in [-0.25, -0.2) is 14.0 Å². The Balaban J connectivity index is 1.78. The number of unbranched alkanes of at least 4 members (excludes halogenated alkanes) is 1. The molecule has 42 heavy (non-hydrogen) atoms.